The van der Waals surface area contributed by atoms with E-state index in [1.165, 1.54) is 38.4 Å². The monoisotopic (exact) mass is 420 g/mol. The molecule has 1 aromatic heterocycles. The molecule has 29 heavy (non-hydrogen) atoms. The van der Waals surface area contributed by atoms with Crippen LogP contribution in [0.15, 0.2) is 47.5 Å². The highest BCUT2D eigenvalue weighted by atomic mass is 32.2. The van der Waals surface area contributed by atoms with Crippen molar-refractivity contribution in [1.29, 1.82) is 0 Å². The smallest absolute Gasteiger partial charge is 0.264 e. The third kappa shape index (κ3) is 4.91. The number of rotatable bonds is 7. The number of benzene rings is 1. The van der Waals surface area contributed by atoms with Gasteiger partial charge in [0.2, 0.25) is 0 Å². The zero-order chi connectivity index (χ0) is 20.9. The SMILES string of the molecule is CON(C)S(=O)(=O)c1ccc(C(=O)NCc2cccnc2N2CCOCC2)cc1. The van der Waals surface area contributed by atoms with E-state index in [9.17, 15) is 13.2 Å². The summed E-state index contributed by atoms with van der Waals surface area (Å²) in [6, 6.07) is 9.45. The number of hydrogen-bond acceptors (Lipinski definition) is 7. The maximum absolute atomic E-state index is 12.5. The number of anilines is 1. The van der Waals surface area contributed by atoms with Crippen molar-refractivity contribution in [3.8, 4) is 0 Å². The molecule has 2 heterocycles. The van der Waals surface area contributed by atoms with Gasteiger partial charge in [0, 0.05) is 44.0 Å². The molecule has 0 bridgehead atoms. The van der Waals surface area contributed by atoms with Crippen LogP contribution in [0.4, 0.5) is 5.82 Å². The van der Waals surface area contributed by atoms with Gasteiger partial charge in [-0.2, -0.15) is 0 Å². The summed E-state index contributed by atoms with van der Waals surface area (Å²) in [6.07, 6.45) is 1.73. The predicted molar refractivity (Wildman–Crippen MR) is 107 cm³/mol. The van der Waals surface area contributed by atoms with E-state index in [4.69, 9.17) is 9.57 Å². The number of amides is 1. The summed E-state index contributed by atoms with van der Waals surface area (Å²) >= 11 is 0. The molecule has 0 spiro atoms. The predicted octanol–water partition coefficient (Wildman–Crippen LogP) is 1.03. The number of carbonyl (C=O) groups is 1. The summed E-state index contributed by atoms with van der Waals surface area (Å²) in [5.41, 5.74) is 1.27. The number of pyridine rings is 1. The third-order valence-corrected chi connectivity index (χ3v) is 6.32. The maximum Gasteiger partial charge on any atom is 0.264 e. The van der Waals surface area contributed by atoms with Gasteiger partial charge in [-0.3, -0.25) is 9.63 Å². The Morgan fingerprint density at radius 3 is 2.59 bits per heavy atom. The lowest BCUT2D eigenvalue weighted by Crippen LogP contribution is -2.37. The van der Waals surface area contributed by atoms with Crippen molar-refractivity contribution in [3.63, 3.8) is 0 Å². The number of morpholine rings is 1. The molecule has 1 aromatic carbocycles. The molecule has 0 aliphatic carbocycles. The molecule has 1 aliphatic rings. The molecule has 10 heteroatoms. The van der Waals surface area contributed by atoms with Crippen LogP contribution >= 0.6 is 0 Å². The Bertz CT molecular complexity index is 943. The van der Waals surface area contributed by atoms with Gasteiger partial charge in [0.05, 0.1) is 25.2 Å². The highest BCUT2D eigenvalue weighted by molar-refractivity contribution is 7.89. The molecule has 0 radical (unpaired) electrons. The summed E-state index contributed by atoms with van der Waals surface area (Å²) in [4.78, 5) is 23.9. The topological polar surface area (TPSA) is 101 Å². The van der Waals surface area contributed by atoms with E-state index in [2.05, 4.69) is 15.2 Å². The number of nitrogens with zero attached hydrogens (tertiary/aromatic N) is 3. The third-order valence-electron chi connectivity index (χ3n) is 4.63. The van der Waals surface area contributed by atoms with Gasteiger partial charge in [-0.05, 0) is 30.3 Å². The van der Waals surface area contributed by atoms with Crippen LogP contribution < -0.4 is 10.2 Å². The number of sulfonamides is 1. The molecule has 9 nitrogen and oxygen atoms in total. The zero-order valence-electron chi connectivity index (χ0n) is 16.4. The minimum Gasteiger partial charge on any atom is -0.378 e. The lowest BCUT2D eigenvalue weighted by Gasteiger charge is -2.29. The Labute approximate surface area is 170 Å². The first-order valence-corrected chi connectivity index (χ1v) is 10.6. The van der Waals surface area contributed by atoms with Gasteiger partial charge in [0.15, 0.2) is 0 Å². The maximum atomic E-state index is 12.5. The van der Waals surface area contributed by atoms with Crippen LogP contribution in [0.2, 0.25) is 0 Å². The van der Waals surface area contributed by atoms with Crippen molar-refractivity contribution < 1.29 is 22.8 Å². The van der Waals surface area contributed by atoms with E-state index in [1.54, 1.807) is 6.20 Å². The van der Waals surface area contributed by atoms with Crippen molar-refractivity contribution in [1.82, 2.24) is 14.8 Å². The fourth-order valence-corrected chi connectivity index (χ4v) is 3.90. The van der Waals surface area contributed by atoms with Gasteiger partial charge in [0.1, 0.15) is 5.82 Å². The lowest BCUT2D eigenvalue weighted by molar-refractivity contribution is -0.0258. The Morgan fingerprint density at radius 1 is 1.24 bits per heavy atom. The molecule has 3 rings (SSSR count). The molecule has 1 fully saturated rings. The number of hydroxylamine groups is 1. The van der Waals surface area contributed by atoms with E-state index < -0.39 is 10.0 Å². The van der Waals surface area contributed by atoms with E-state index >= 15 is 0 Å². The minimum atomic E-state index is -3.75. The van der Waals surface area contributed by atoms with E-state index in [0.717, 1.165) is 28.9 Å². The molecule has 156 valence electrons. The van der Waals surface area contributed by atoms with E-state index in [-0.39, 0.29) is 10.8 Å². The van der Waals surface area contributed by atoms with Crippen molar-refractivity contribution in [2.45, 2.75) is 11.4 Å². The van der Waals surface area contributed by atoms with Gasteiger partial charge in [-0.25, -0.2) is 13.4 Å². The van der Waals surface area contributed by atoms with Gasteiger partial charge in [-0.15, -0.1) is 0 Å². The normalized spacial score (nSPS) is 14.8. The van der Waals surface area contributed by atoms with Crippen LogP contribution in [0, 0.1) is 0 Å². The quantitative estimate of drug-likeness (QED) is 0.668. The highest BCUT2D eigenvalue weighted by Crippen LogP contribution is 2.19. The second kappa shape index (κ2) is 9.31. The van der Waals surface area contributed by atoms with Crippen molar-refractivity contribution in [2.75, 3.05) is 45.4 Å². The zero-order valence-corrected chi connectivity index (χ0v) is 17.2. The van der Waals surface area contributed by atoms with Crippen molar-refractivity contribution in [3.05, 3.63) is 53.7 Å². The number of nitrogens with one attached hydrogen (secondary N) is 1. The summed E-state index contributed by atoms with van der Waals surface area (Å²) in [5.74, 6) is 0.533. The van der Waals surface area contributed by atoms with Gasteiger partial charge in [0.25, 0.3) is 15.9 Å². The Balaban J connectivity index is 1.67. The van der Waals surface area contributed by atoms with Crippen molar-refractivity contribution in [2.24, 2.45) is 0 Å². The van der Waals surface area contributed by atoms with E-state index in [0.29, 0.717) is 25.3 Å². The van der Waals surface area contributed by atoms with Gasteiger partial charge < -0.3 is 15.0 Å². The van der Waals surface area contributed by atoms with Crippen LogP contribution in [0.5, 0.6) is 0 Å². The summed E-state index contributed by atoms with van der Waals surface area (Å²) in [5, 5.41) is 2.87. The Morgan fingerprint density at radius 2 is 1.93 bits per heavy atom. The number of ether oxygens (including phenoxy) is 1. The van der Waals surface area contributed by atoms with E-state index in [1.807, 2.05) is 12.1 Å². The number of aromatic nitrogens is 1. The summed E-state index contributed by atoms with van der Waals surface area (Å²) < 4.78 is 30.6. The van der Waals surface area contributed by atoms with Crippen LogP contribution in [0.3, 0.4) is 0 Å². The van der Waals surface area contributed by atoms with Gasteiger partial charge in [-0.1, -0.05) is 10.5 Å². The standard InChI is InChI=1S/C19H24N4O5S/c1-22(27-2)29(25,26)17-7-5-15(6-8-17)19(24)21-14-16-4-3-9-20-18(16)23-10-12-28-13-11-23/h3-9H,10-14H2,1-2H3,(H,21,24). The van der Waals surface area contributed by atoms with Crippen molar-refractivity contribution >= 4 is 21.7 Å². The molecule has 0 atom stereocenters. The van der Waals surface area contributed by atoms with Crippen LogP contribution in [0.1, 0.15) is 15.9 Å². The fourth-order valence-electron chi connectivity index (χ4n) is 2.93. The number of hydrogen-bond donors (Lipinski definition) is 1. The first-order valence-electron chi connectivity index (χ1n) is 9.11. The van der Waals surface area contributed by atoms with Crippen LogP contribution in [-0.2, 0) is 26.1 Å². The summed E-state index contributed by atoms with van der Waals surface area (Å²) in [7, 11) is -1.18. The second-order valence-corrected chi connectivity index (χ2v) is 8.33. The molecule has 2 aromatic rings. The largest absolute Gasteiger partial charge is 0.378 e. The summed E-state index contributed by atoms with van der Waals surface area (Å²) in [6.45, 7) is 3.12. The number of carbonyl (C=O) groups excluding carboxylic acids is 1. The first kappa shape index (κ1) is 21.2. The highest BCUT2D eigenvalue weighted by Gasteiger charge is 2.21. The molecular formula is C19H24N4O5S. The molecule has 1 aliphatic heterocycles. The first-order chi connectivity index (χ1) is 13.9. The molecule has 1 N–H and O–H groups in total. The average Bonchev–Trinajstić information content (AvgIpc) is 2.77. The van der Waals surface area contributed by atoms with Crippen LogP contribution in [0.25, 0.3) is 0 Å². The molecule has 1 saturated heterocycles. The van der Waals surface area contributed by atoms with Gasteiger partial charge >= 0.3 is 0 Å². The minimum absolute atomic E-state index is 0.0419. The second-order valence-electron chi connectivity index (χ2n) is 6.39. The average molecular weight is 420 g/mol. The molecule has 0 unspecified atom stereocenters. The Kier molecular flexibility index (Phi) is 6.80. The Hall–Kier alpha value is -2.53. The molecular weight excluding hydrogens is 396 g/mol. The molecule has 0 saturated carbocycles. The molecule has 1 amide bonds. The fraction of sp³-hybridized carbons (Fsp3) is 0.368. The van der Waals surface area contributed by atoms with Crippen LogP contribution in [-0.4, -0.2) is 64.2 Å². The lowest BCUT2D eigenvalue weighted by atomic mass is 10.2.